The van der Waals surface area contributed by atoms with Gasteiger partial charge in [0.1, 0.15) is 18.1 Å². The minimum Gasteiger partial charge on any atom is -0.480 e. The van der Waals surface area contributed by atoms with Crippen molar-refractivity contribution in [3.8, 4) is 0 Å². The number of anilines is 1. The minimum atomic E-state index is -0.980. The molecule has 2 N–H and O–H groups in total. The SMILES string of the molecule is CCCC(Nc1ncc([N+](=O)[O-])c(C)c1Br)C(=O)O. The number of halogens is 1. The molecular formula is C11H14BrN3O4. The van der Waals surface area contributed by atoms with Crippen LogP contribution in [0, 0.1) is 17.0 Å². The first kappa shape index (κ1) is 15.4. The van der Waals surface area contributed by atoms with Crippen LogP contribution in [0.15, 0.2) is 10.7 Å². The summed E-state index contributed by atoms with van der Waals surface area (Å²) in [5.41, 5.74) is 0.294. The Kier molecular flexibility index (Phi) is 5.22. The van der Waals surface area contributed by atoms with E-state index in [1.165, 1.54) is 0 Å². The van der Waals surface area contributed by atoms with Crippen molar-refractivity contribution in [1.29, 1.82) is 0 Å². The van der Waals surface area contributed by atoms with Gasteiger partial charge in [-0.15, -0.1) is 0 Å². The maximum atomic E-state index is 11.1. The highest BCUT2D eigenvalue weighted by molar-refractivity contribution is 9.10. The Morgan fingerprint density at radius 2 is 2.32 bits per heavy atom. The Hall–Kier alpha value is -1.70. The molecule has 1 aromatic rings. The normalized spacial score (nSPS) is 11.9. The van der Waals surface area contributed by atoms with E-state index in [1.807, 2.05) is 6.92 Å². The molecule has 0 aromatic carbocycles. The predicted molar refractivity (Wildman–Crippen MR) is 73.3 cm³/mol. The topological polar surface area (TPSA) is 105 Å². The molecule has 0 radical (unpaired) electrons. The zero-order valence-electron chi connectivity index (χ0n) is 10.5. The van der Waals surface area contributed by atoms with Gasteiger partial charge in [0, 0.05) is 5.56 Å². The third-order valence-electron chi connectivity index (χ3n) is 2.62. The molecule has 0 spiro atoms. The van der Waals surface area contributed by atoms with Crippen LogP contribution >= 0.6 is 15.9 Å². The molecule has 0 bridgehead atoms. The number of nitrogens with one attached hydrogen (secondary N) is 1. The maximum Gasteiger partial charge on any atom is 0.326 e. The Balaban J connectivity index is 3.05. The Morgan fingerprint density at radius 3 is 2.79 bits per heavy atom. The number of nitro groups is 1. The second kappa shape index (κ2) is 6.46. The first-order valence-corrected chi connectivity index (χ1v) is 6.46. The number of rotatable bonds is 6. The van der Waals surface area contributed by atoms with Gasteiger partial charge in [-0.1, -0.05) is 13.3 Å². The van der Waals surface area contributed by atoms with Crippen molar-refractivity contribution in [3.63, 3.8) is 0 Å². The fraction of sp³-hybridized carbons (Fsp3) is 0.455. The average Bonchev–Trinajstić information content (AvgIpc) is 2.33. The van der Waals surface area contributed by atoms with Crippen LogP contribution in [0.25, 0.3) is 0 Å². The predicted octanol–water partition coefficient (Wildman–Crippen LogP) is 2.73. The van der Waals surface area contributed by atoms with Gasteiger partial charge in [-0.25, -0.2) is 9.78 Å². The van der Waals surface area contributed by atoms with Crippen molar-refractivity contribution in [2.45, 2.75) is 32.7 Å². The van der Waals surface area contributed by atoms with Crippen LogP contribution in [0.5, 0.6) is 0 Å². The van der Waals surface area contributed by atoms with Gasteiger partial charge in [0.2, 0.25) is 0 Å². The van der Waals surface area contributed by atoms with E-state index in [-0.39, 0.29) is 5.69 Å². The minimum absolute atomic E-state index is 0.111. The molecule has 1 unspecified atom stereocenters. The summed E-state index contributed by atoms with van der Waals surface area (Å²) in [6, 6.07) is -0.769. The van der Waals surface area contributed by atoms with Crippen molar-refractivity contribution in [3.05, 3.63) is 26.3 Å². The van der Waals surface area contributed by atoms with Gasteiger partial charge in [-0.2, -0.15) is 0 Å². The highest BCUT2D eigenvalue weighted by Gasteiger charge is 2.21. The largest absolute Gasteiger partial charge is 0.480 e. The van der Waals surface area contributed by atoms with Gasteiger partial charge in [0.05, 0.1) is 9.40 Å². The monoisotopic (exact) mass is 331 g/mol. The van der Waals surface area contributed by atoms with Crippen molar-refractivity contribution in [2.75, 3.05) is 5.32 Å². The van der Waals surface area contributed by atoms with E-state index in [0.29, 0.717) is 28.7 Å². The molecule has 19 heavy (non-hydrogen) atoms. The summed E-state index contributed by atoms with van der Waals surface area (Å²) >= 11 is 3.21. The molecule has 0 aliphatic carbocycles. The van der Waals surface area contributed by atoms with Crippen molar-refractivity contribution < 1.29 is 14.8 Å². The number of aliphatic carboxylic acids is 1. The summed E-state index contributed by atoms with van der Waals surface area (Å²) in [7, 11) is 0. The van der Waals surface area contributed by atoms with E-state index in [4.69, 9.17) is 5.11 Å². The van der Waals surface area contributed by atoms with E-state index < -0.39 is 16.9 Å². The van der Waals surface area contributed by atoms with Gasteiger partial charge >= 0.3 is 5.97 Å². The first-order chi connectivity index (χ1) is 8.88. The molecule has 8 heteroatoms. The van der Waals surface area contributed by atoms with Gasteiger partial charge in [0.15, 0.2) is 0 Å². The highest BCUT2D eigenvalue weighted by atomic mass is 79.9. The molecule has 1 atom stereocenters. The number of hydrogen-bond acceptors (Lipinski definition) is 5. The molecule has 1 rings (SSSR count). The second-order valence-electron chi connectivity index (χ2n) is 4.01. The summed E-state index contributed by atoms with van der Waals surface area (Å²) in [5.74, 6) is -0.685. The average molecular weight is 332 g/mol. The van der Waals surface area contributed by atoms with Crippen LogP contribution in [-0.4, -0.2) is 27.0 Å². The van der Waals surface area contributed by atoms with Crippen LogP contribution in [0.3, 0.4) is 0 Å². The fourth-order valence-corrected chi connectivity index (χ4v) is 1.98. The van der Waals surface area contributed by atoms with E-state index in [1.54, 1.807) is 6.92 Å². The number of pyridine rings is 1. The number of carboxylic acids is 1. The summed E-state index contributed by atoms with van der Waals surface area (Å²) in [6.07, 6.45) is 2.26. The molecule has 104 valence electrons. The molecule has 0 saturated carbocycles. The van der Waals surface area contributed by atoms with Crippen LogP contribution in [0.1, 0.15) is 25.3 Å². The summed E-state index contributed by atoms with van der Waals surface area (Å²) in [4.78, 5) is 25.2. The highest BCUT2D eigenvalue weighted by Crippen LogP contribution is 2.31. The number of nitrogens with zero attached hydrogens (tertiary/aromatic N) is 2. The summed E-state index contributed by atoms with van der Waals surface area (Å²) in [5, 5.41) is 22.6. The van der Waals surface area contributed by atoms with E-state index >= 15 is 0 Å². The third kappa shape index (κ3) is 3.63. The first-order valence-electron chi connectivity index (χ1n) is 5.67. The molecule has 7 nitrogen and oxygen atoms in total. The quantitative estimate of drug-likeness (QED) is 0.613. The van der Waals surface area contributed by atoms with E-state index in [2.05, 4.69) is 26.2 Å². The zero-order chi connectivity index (χ0) is 14.6. The van der Waals surface area contributed by atoms with Crippen molar-refractivity contribution in [1.82, 2.24) is 4.98 Å². The summed E-state index contributed by atoms with van der Waals surface area (Å²) in [6.45, 7) is 3.45. The Bertz CT molecular complexity index is 507. The van der Waals surface area contributed by atoms with E-state index in [9.17, 15) is 14.9 Å². The molecule has 1 heterocycles. The lowest BCUT2D eigenvalue weighted by atomic mass is 10.1. The third-order valence-corrected chi connectivity index (χ3v) is 3.59. The van der Waals surface area contributed by atoms with Crippen LogP contribution < -0.4 is 5.32 Å². The smallest absolute Gasteiger partial charge is 0.326 e. The molecule has 0 aliphatic rings. The Morgan fingerprint density at radius 1 is 1.68 bits per heavy atom. The molecule has 0 aliphatic heterocycles. The zero-order valence-corrected chi connectivity index (χ0v) is 12.1. The number of hydrogen-bond donors (Lipinski definition) is 2. The van der Waals surface area contributed by atoms with Gasteiger partial charge in [-0.3, -0.25) is 10.1 Å². The lowest BCUT2D eigenvalue weighted by Crippen LogP contribution is -2.29. The molecular weight excluding hydrogens is 318 g/mol. The number of carbonyl (C=O) groups is 1. The number of aromatic nitrogens is 1. The molecule has 0 saturated heterocycles. The molecule has 1 aromatic heterocycles. The lowest BCUT2D eigenvalue weighted by molar-refractivity contribution is -0.385. The summed E-state index contributed by atoms with van der Waals surface area (Å²) < 4.78 is 0.407. The molecule has 0 amide bonds. The van der Waals surface area contributed by atoms with Crippen LogP contribution in [-0.2, 0) is 4.79 Å². The standard InChI is InChI=1S/C11H14BrN3O4/c1-3-4-7(11(16)17)14-10-9(12)6(2)8(5-13-10)15(18)19/h5,7H,3-4H2,1-2H3,(H,13,14)(H,16,17). The van der Waals surface area contributed by atoms with Crippen molar-refractivity contribution >= 4 is 33.4 Å². The van der Waals surface area contributed by atoms with Crippen LogP contribution in [0.4, 0.5) is 11.5 Å². The molecule has 0 fully saturated rings. The number of carboxylic acid groups (broad SMARTS) is 1. The second-order valence-corrected chi connectivity index (χ2v) is 4.80. The van der Waals surface area contributed by atoms with Gasteiger partial charge in [-0.05, 0) is 29.3 Å². The van der Waals surface area contributed by atoms with Crippen LogP contribution in [0.2, 0.25) is 0 Å². The van der Waals surface area contributed by atoms with Gasteiger partial charge < -0.3 is 10.4 Å². The van der Waals surface area contributed by atoms with E-state index in [0.717, 1.165) is 6.20 Å². The maximum absolute atomic E-state index is 11.1. The Labute approximate surface area is 118 Å². The van der Waals surface area contributed by atoms with Crippen molar-refractivity contribution in [2.24, 2.45) is 0 Å². The lowest BCUT2D eigenvalue weighted by Gasteiger charge is -2.15. The fourth-order valence-electron chi connectivity index (χ4n) is 1.57. The van der Waals surface area contributed by atoms with Gasteiger partial charge in [0.25, 0.3) is 5.69 Å².